The van der Waals surface area contributed by atoms with Gasteiger partial charge in [0.15, 0.2) is 5.44 Å². The third kappa shape index (κ3) is 6.69. The molecule has 0 spiro atoms. The van der Waals surface area contributed by atoms with E-state index in [0.717, 1.165) is 0 Å². The van der Waals surface area contributed by atoms with Crippen molar-refractivity contribution in [1.29, 1.82) is 0 Å². The molecular formula is C21H33NO9P2. The fourth-order valence-electron chi connectivity index (χ4n) is 3.26. The zero-order chi connectivity index (χ0) is 24.9. The van der Waals surface area contributed by atoms with Gasteiger partial charge in [0.05, 0.1) is 19.3 Å². The van der Waals surface area contributed by atoms with Crippen molar-refractivity contribution in [3.63, 3.8) is 0 Å². The Kier molecular flexibility index (Phi) is 9.33. The average Bonchev–Trinajstić information content (AvgIpc) is 3.12. The molecule has 1 heterocycles. The number of amides is 1. The van der Waals surface area contributed by atoms with Crippen LogP contribution in [0.1, 0.15) is 52.6 Å². The zero-order valence-electron chi connectivity index (χ0n) is 20.1. The van der Waals surface area contributed by atoms with E-state index in [1.165, 1.54) is 19.1 Å². The molecule has 1 aliphatic heterocycles. The number of hydrogen-bond donors (Lipinski definition) is 0. The van der Waals surface area contributed by atoms with Crippen LogP contribution in [-0.4, -0.2) is 44.0 Å². The van der Waals surface area contributed by atoms with Gasteiger partial charge in [-0.3, -0.25) is 18.5 Å². The first-order valence-electron chi connectivity index (χ1n) is 10.5. The molecule has 0 aromatic heterocycles. The van der Waals surface area contributed by atoms with Gasteiger partial charge in [0.25, 0.3) is 0 Å². The number of phosphoric acid groups is 1. The van der Waals surface area contributed by atoms with Crippen LogP contribution < -0.4 is 0 Å². The van der Waals surface area contributed by atoms with Crippen molar-refractivity contribution in [2.75, 3.05) is 27.4 Å². The summed E-state index contributed by atoms with van der Waals surface area (Å²) in [6.07, 6.45) is -0.777. The number of benzene rings is 1. The van der Waals surface area contributed by atoms with E-state index in [2.05, 4.69) is 0 Å². The number of carbonyl (C=O) groups excluding carboxylic acids is 1. The Morgan fingerprint density at radius 2 is 1.58 bits per heavy atom. The average molecular weight is 505 g/mol. The van der Waals surface area contributed by atoms with Crippen LogP contribution in [0.25, 0.3) is 0 Å². The Morgan fingerprint density at radius 3 is 2.03 bits per heavy atom. The molecule has 1 aromatic rings. The molecule has 0 unspecified atom stereocenters. The Bertz CT molecular complexity index is 925. The number of nitrogens with zero attached hydrogens (tertiary/aromatic N) is 1. The maximum atomic E-state index is 13.6. The molecule has 0 saturated heterocycles. The second-order valence-electron chi connectivity index (χ2n) is 7.96. The van der Waals surface area contributed by atoms with Crippen molar-refractivity contribution in [3.05, 3.63) is 47.1 Å². The summed E-state index contributed by atoms with van der Waals surface area (Å²) in [6.45, 7) is 8.49. The predicted molar refractivity (Wildman–Crippen MR) is 122 cm³/mol. The lowest BCUT2D eigenvalue weighted by Gasteiger charge is -2.31. The molecular weight excluding hydrogens is 472 g/mol. The van der Waals surface area contributed by atoms with Crippen LogP contribution >= 0.6 is 15.4 Å². The van der Waals surface area contributed by atoms with Gasteiger partial charge in [-0.2, -0.15) is 0 Å². The third-order valence-electron chi connectivity index (χ3n) is 4.48. The number of ether oxygens (including phenoxy) is 1. The standard InChI is InChI=1S/C21H33NO9P2/c1-8-28-33(25,29-9-2)31-18-15-17(16-13-11-10-12-14-16)22(20(23)30-21(3,4)5)19(18)32(24,26-6)27-7/h10-14,17H,8-9,15H2,1-7H3/t17-/m1/s1. The molecule has 186 valence electrons. The second-order valence-corrected chi connectivity index (χ2v) is 11.7. The summed E-state index contributed by atoms with van der Waals surface area (Å²) in [5.74, 6) is -0.0630. The Balaban J connectivity index is 2.70. The summed E-state index contributed by atoms with van der Waals surface area (Å²) in [4.78, 5) is 14.5. The van der Waals surface area contributed by atoms with Gasteiger partial charge in [-0.1, -0.05) is 30.3 Å². The van der Waals surface area contributed by atoms with Gasteiger partial charge < -0.3 is 18.3 Å². The fraction of sp³-hybridized carbons (Fsp3) is 0.571. The van der Waals surface area contributed by atoms with Gasteiger partial charge in [-0.05, 0) is 40.2 Å². The predicted octanol–water partition coefficient (Wildman–Crippen LogP) is 6.22. The topological polar surface area (TPSA) is 110 Å². The first-order chi connectivity index (χ1) is 15.4. The summed E-state index contributed by atoms with van der Waals surface area (Å²) in [5.41, 5.74) is -0.348. The molecule has 0 saturated carbocycles. The highest BCUT2D eigenvalue weighted by molar-refractivity contribution is 7.58. The van der Waals surface area contributed by atoms with Gasteiger partial charge in [-0.15, -0.1) is 0 Å². The van der Waals surface area contributed by atoms with Crippen LogP contribution in [0.4, 0.5) is 4.79 Å². The minimum absolute atomic E-state index is 0.0133. The van der Waals surface area contributed by atoms with E-state index in [9.17, 15) is 13.9 Å². The lowest BCUT2D eigenvalue weighted by atomic mass is 10.0. The van der Waals surface area contributed by atoms with Crippen molar-refractivity contribution < 1.29 is 41.3 Å². The van der Waals surface area contributed by atoms with Crippen molar-refractivity contribution in [1.82, 2.24) is 4.90 Å². The van der Waals surface area contributed by atoms with Crippen molar-refractivity contribution >= 4 is 21.5 Å². The van der Waals surface area contributed by atoms with Gasteiger partial charge in [-0.25, -0.2) is 9.36 Å². The fourth-order valence-corrected chi connectivity index (χ4v) is 6.00. The number of phosphoric ester groups is 1. The second kappa shape index (κ2) is 11.2. The Morgan fingerprint density at radius 1 is 1.03 bits per heavy atom. The van der Waals surface area contributed by atoms with E-state index < -0.39 is 33.2 Å². The summed E-state index contributed by atoms with van der Waals surface area (Å²) in [5, 5.41) is 0. The first-order valence-corrected chi connectivity index (χ1v) is 13.5. The summed E-state index contributed by atoms with van der Waals surface area (Å²) in [6, 6.07) is 8.35. The number of hydrogen-bond acceptors (Lipinski definition) is 9. The lowest BCUT2D eigenvalue weighted by Crippen LogP contribution is -2.36. The molecule has 0 bridgehead atoms. The summed E-state index contributed by atoms with van der Waals surface area (Å²) in [7, 11) is -5.81. The molecule has 12 heteroatoms. The number of carbonyl (C=O) groups is 1. The highest BCUT2D eigenvalue weighted by Crippen LogP contribution is 2.65. The first kappa shape index (κ1) is 27.6. The minimum atomic E-state index is -4.09. The van der Waals surface area contributed by atoms with Crippen LogP contribution in [0, 0.1) is 0 Å². The molecule has 1 aromatic carbocycles. The SMILES string of the molecule is CCOP(=O)(OCC)OC1=C(P(=O)(OC)OC)N(C(=O)OC(C)(C)C)[C@@H](c2ccccc2)C1. The van der Waals surface area contributed by atoms with E-state index in [0.29, 0.717) is 5.56 Å². The Labute approximate surface area is 195 Å². The van der Waals surface area contributed by atoms with E-state index in [4.69, 9.17) is 27.4 Å². The molecule has 1 aliphatic rings. The minimum Gasteiger partial charge on any atom is -0.443 e. The summed E-state index contributed by atoms with van der Waals surface area (Å²) < 4.78 is 59.0. The van der Waals surface area contributed by atoms with Crippen molar-refractivity contribution in [2.45, 2.75) is 52.7 Å². The van der Waals surface area contributed by atoms with Gasteiger partial charge in [0.1, 0.15) is 11.4 Å². The van der Waals surface area contributed by atoms with Crippen LogP contribution in [0.15, 0.2) is 41.5 Å². The normalized spacial score (nSPS) is 17.4. The van der Waals surface area contributed by atoms with E-state index in [-0.39, 0.29) is 30.8 Å². The van der Waals surface area contributed by atoms with Gasteiger partial charge in [0, 0.05) is 20.6 Å². The molecule has 0 fully saturated rings. The molecule has 1 amide bonds. The molecule has 33 heavy (non-hydrogen) atoms. The quantitative estimate of drug-likeness (QED) is 0.342. The maximum absolute atomic E-state index is 13.6. The van der Waals surface area contributed by atoms with Crippen LogP contribution in [0.2, 0.25) is 0 Å². The lowest BCUT2D eigenvalue weighted by molar-refractivity contribution is 0.0268. The Hall–Kier alpha value is -1.67. The smallest absolute Gasteiger partial charge is 0.443 e. The molecule has 0 aliphatic carbocycles. The molecule has 2 rings (SSSR count). The van der Waals surface area contributed by atoms with E-state index >= 15 is 0 Å². The highest BCUT2D eigenvalue weighted by Gasteiger charge is 2.51. The zero-order valence-corrected chi connectivity index (χ0v) is 21.9. The summed E-state index contributed by atoms with van der Waals surface area (Å²) >= 11 is 0. The maximum Gasteiger partial charge on any atom is 0.529 e. The van der Waals surface area contributed by atoms with Crippen molar-refractivity contribution in [3.8, 4) is 0 Å². The molecule has 0 N–H and O–H groups in total. The van der Waals surface area contributed by atoms with Crippen LogP contribution in [0.3, 0.4) is 0 Å². The van der Waals surface area contributed by atoms with Gasteiger partial charge >= 0.3 is 21.5 Å². The van der Waals surface area contributed by atoms with Crippen LogP contribution in [-0.2, 0) is 36.5 Å². The number of rotatable bonds is 10. The van der Waals surface area contributed by atoms with Gasteiger partial charge in [0.2, 0.25) is 0 Å². The third-order valence-corrected chi connectivity index (χ3v) is 8.02. The molecule has 0 radical (unpaired) electrons. The van der Waals surface area contributed by atoms with E-state index in [1.54, 1.807) is 58.9 Å². The van der Waals surface area contributed by atoms with Crippen molar-refractivity contribution in [2.24, 2.45) is 0 Å². The van der Waals surface area contributed by atoms with Crippen LogP contribution in [0.5, 0.6) is 0 Å². The molecule has 1 atom stereocenters. The highest BCUT2D eigenvalue weighted by atomic mass is 31.2. The largest absolute Gasteiger partial charge is 0.529 e. The monoisotopic (exact) mass is 505 g/mol. The molecule has 10 nitrogen and oxygen atoms in total. The van der Waals surface area contributed by atoms with E-state index in [1.807, 2.05) is 6.07 Å².